The molecule has 140 valence electrons. The van der Waals surface area contributed by atoms with Crippen LogP contribution < -0.4 is 5.32 Å². The smallest absolute Gasteiger partial charge is 0.255 e. The molecule has 1 aromatic heterocycles. The molecule has 0 radical (unpaired) electrons. The molecule has 1 aromatic rings. The summed E-state index contributed by atoms with van der Waals surface area (Å²) < 4.78 is 0. The Morgan fingerprint density at radius 1 is 1.23 bits per heavy atom. The zero-order valence-electron chi connectivity index (χ0n) is 15.8. The van der Waals surface area contributed by atoms with Crippen LogP contribution in [0.4, 0.5) is 0 Å². The van der Waals surface area contributed by atoms with Gasteiger partial charge >= 0.3 is 0 Å². The number of nitrogens with zero attached hydrogens (tertiary/aromatic N) is 3. The molecule has 0 aliphatic carbocycles. The fourth-order valence-electron chi connectivity index (χ4n) is 3.58. The Kier molecular flexibility index (Phi) is 4.98. The first-order chi connectivity index (χ1) is 12.3. The van der Waals surface area contributed by atoms with Gasteiger partial charge in [0, 0.05) is 38.8 Å². The first-order valence-corrected chi connectivity index (χ1v) is 9.09. The van der Waals surface area contributed by atoms with Crippen LogP contribution in [0.15, 0.2) is 12.1 Å². The van der Waals surface area contributed by atoms with Gasteiger partial charge in [0.05, 0.1) is 23.2 Å². The van der Waals surface area contributed by atoms with Crippen LogP contribution in [0.2, 0.25) is 0 Å². The highest BCUT2D eigenvalue weighted by Gasteiger charge is 2.43. The third kappa shape index (κ3) is 3.30. The van der Waals surface area contributed by atoms with E-state index in [4.69, 9.17) is 0 Å². The second-order valence-electron chi connectivity index (χ2n) is 7.45. The van der Waals surface area contributed by atoms with Crippen LogP contribution in [0.1, 0.15) is 47.9 Å². The number of rotatable bonds is 4. The topological polar surface area (TPSA) is 82.6 Å². The van der Waals surface area contributed by atoms with Gasteiger partial charge < -0.3 is 15.1 Å². The summed E-state index contributed by atoms with van der Waals surface area (Å²) in [5, 5.41) is 2.60. The second kappa shape index (κ2) is 7.05. The molecule has 1 unspecified atom stereocenters. The molecular weight excluding hydrogens is 332 g/mol. The SMILES string of the molecule is CNC(=O)C1CC(=O)N(C2CN(C(=O)c3ccc(C(C)C)nc3C)C2)C1. The Bertz CT molecular complexity index is 740. The Morgan fingerprint density at radius 3 is 2.50 bits per heavy atom. The molecule has 0 spiro atoms. The van der Waals surface area contributed by atoms with Gasteiger partial charge in [0.15, 0.2) is 0 Å². The molecule has 2 saturated heterocycles. The number of hydrogen-bond donors (Lipinski definition) is 1. The Morgan fingerprint density at radius 2 is 1.92 bits per heavy atom. The fourth-order valence-corrected chi connectivity index (χ4v) is 3.58. The van der Waals surface area contributed by atoms with Crippen molar-refractivity contribution in [2.45, 2.75) is 39.2 Å². The van der Waals surface area contributed by atoms with Crippen molar-refractivity contribution in [3.8, 4) is 0 Å². The lowest BCUT2D eigenvalue weighted by Crippen LogP contribution is -2.61. The molecule has 1 atom stereocenters. The molecule has 2 fully saturated rings. The summed E-state index contributed by atoms with van der Waals surface area (Å²) >= 11 is 0. The molecular formula is C19H26N4O3. The van der Waals surface area contributed by atoms with Gasteiger partial charge in [-0.3, -0.25) is 19.4 Å². The average Bonchev–Trinajstić information content (AvgIpc) is 2.94. The molecule has 0 bridgehead atoms. The van der Waals surface area contributed by atoms with Gasteiger partial charge in [-0.2, -0.15) is 0 Å². The number of aryl methyl sites for hydroxylation is 1. The summed E-state index contributed by atoms with van der Waals surface area (Å²) in [5.41, 5.74) is 2.33. The summed E-state index contributed by atoms with van der Waals surface area (Å²) in [6.45, 7) is 7.46. The third-order valence-electron chi connectivity index (χ3n) is 5.30. The van der Waals surface area contributed by atoms with Crippen molar-refractivity contribution in [3.05, 3.63) is 29.1 Å². The third-order valence-corrected chi connectivity index (χ3v) is 5.30. The molecule has 3 rings (SSSR count). The maximum atomic E-state index is 12.7. The largest absolute Gasteiger partial charge is 0.359 e. The number of carbonyl (C=O) groups excluding carboxylic acids is 3. The van der Waals surface area contributed by atoms with Gasteiger partial charge in [-0.25, -0.2) is 0 Å². The van der Waals surface area contributed by atoms with Gasteiger partial charge in [0.25, 0.3) is 5.91 Å². The first kappa shape index (κ1) is 18.4. The number of nitrogens with one attached hydrogen (secondary N) is 1. The summed E-state index contributed by atoms with van der Waals surface area (Å²) in [7, 11) is 1.58. The molecule has 26 heavy (non-hydrogen) atoms. The van der Waals surface area contributed by atoms with E-state index in [1.807, 2.05) is 19.1 Å². The van der Waals surface area contributed by atoms with E-state index in [0.29, 0.717) is 31.1 Å². The van der Waals surface area contributed by atoms with Crippen molar-refractivity contribution in [1.82, 2.24) is 20.1 Å². The van der Waals surface area contributed by atoms with E-state index in [0.717, 1.165) is 11.4 Å². The van der Waals surface area contributed by atoms with Gasteiger partial charge in [-0.1, -0.05) is 13.8 Å². The minimum atomic E-state index is -0.285. The molecule has 0 aromatic carbocycles. The Hall–Kier alpha value is -2.44. The quantitative estimate of drug-likeness (QED) is 0.868. The van der Waals surface area contributed by atoms with Crippen LogP contribution in [0, 0.1) is 12.8 Å². The predicted molar refractivity (Wildman–Crippen MR) is 96.6 cm³/mol. The maximum absolute atomic E-state index is 12.7. The van der Waals surface area contributed by atoms with Crippen LogP contribution in [0.5, 0.6) is 0 Å². The van der Waals surface area contributed by atoms with Crippen molar-refractivity contribution in [3.63, 3.8) is 0 Å². The van der Waals surface area contributed by atoms with Crippen molar-refractivity contribution >= 4 is 17.7 Å². The van der Waals surface area contributed by atoms with Crippen LogP contribution in [0.3, 0.4) is 0 Å². The van der Waals surface area contributed by atoms with Crippen molar-refractivity contribution < 1.29 is 14.4 Å². The van der Waals surface area contributed by atoms with Gasteiger partial charge in [-0.05, 0) is 25.0 Å². The lowest BCUT2D eigenvalue weighted by atomic mass is 10.0. The van der Waals surface area contributed by atoms with Gasteiger partial charge in [-0.15, -0.1) is 0 Å². The number of pyridine rings is 1. The molecule has 2 aliphatic heterocycles. The highest BCUT2D eigenvalue weighted by Crippen LogP contribution is 2.26. The normalized spacial score (nSPS) is 20.5. The lowest BCUT2D eigenvalue weighted by molar-refractivity contribution is -0.132. The van der Waals surface area contributed by atoms with Crippen LogP contribution in [0.25, 0.3) is 0 Å². The second-order valence-corrected chi connectivity index (χ2v) is 7.45. The van der Waals surface area contributed by atoms with E-state index >= 15 is 0 Å². The fraction of sp³-hybridized carbons (Fsp3) is 0.579. The number of hydrogen-bond acceptors (Lipinski definition) is 4. The molecule has 0 saturated carbocycles. The molecule has 7 heteroatoms. The zero-order chi connectivity index (χ0) is 19.0. The Balaban J connectivity index is 1.61. The lowest BCUT2D eigenvalue weighted by Gasteiger charge is -2.44. The monoisotopic (exact) mass is 358 g/mol. The summed E-state index contributed by atoms with van der Waals surface area (Å²) in [4.78, 5) is 44.6. The van der Waals surface area contributed by atoms with Crippen LogP contribution in [-0.2, 0) is 9.59 Å². The summed E-state index contributed by atoms with van der Waals surface area (Å²) in [6.07, 6.45) is 0.254. The average molecular weight is 358 g/mol. The standard InChI is InChI=1S/C19H26N4O3/c1-11(2)16-6-5-15(12(3)21-16)19(26)22-9-14(10-22)23-8-13(7-17(23)24)18(25)20-4/h5-6,11,13-14H,7-10H2,1-4H3,(H,20,25). The van der Waals surface area contributed by atoms with Crippen molar-refractivity contribution in [2.24, 2.45) is 5.92 Å². The van der Waals surface area contributed by atoms with Crippen LogP contribution >= 0.6 is 0 Å². The predicted octanol–water partition coefficient (Wildman–Crippen LogP) is 0.932. The van der Waals surface area contributed by atoms with E-state index in [2.05, 4.69) is 24.1 Å². The van der Waals surface area contributed by atoms with Crippen molar-refractivity contribution in [1.29, 1.82) is 0 Å². The van der Waals surface area contributed by atoms with Gasteiger partial charge in [0.1, 0.15) is 0 Å². The van der Waals surface area contributed by atoms with E-state index < -0.39 is 0 Å². The first-order valence-electron chi connectivity index (χ1n) is 9.09. The highest BCUT2D eigenvalue weighted by atomic mass is 16.2. The summed E-state index contributed by atoms with van der Waals surface area (Å²) in [5.74, 6) is -0.112. The Labute approximate surface area is 153 Å². The van der Waals surface area contributed by atoms with Crippen molar-refractivity contribution in [2.75, 3.05) is 26.7 Å². The molecule has 2 aliphatic rings. The maximum Gasteiger partial charge on any atom is 0.255 e. The summed E-state index contributed by atoms with van der Waals surface area (Å²) in [6, 6.07) is 3.75. The number of likely N-dealkylation sites (tertiary alicyclic amines) is 2. The number of amides is 3. The van der Waals surface area contributed by atoms with Gasteiger partial charge in [0.2, 0.25) is 11.8 Å². The minimum absolute atomic E-state index is 0.00399. The number of carbonyl (C=O) groups is 3. The zero-order valence-corrected chi connectivity index (χ0v) is 15.8. The van der Waals surface area contributed by atoms with E-state index in [1.165, 1.54) is 0 Å². The molecule has 1 N–H and O–H groups in total. The highest BCUT2D eigenvalue weighted by molar-refractivity contribution is 5.96. The molecule has 7 nitrogen and oxygen atoms in total. The van der Waals surface area contributed by atoms with Crippen LogP contribution in [-0.4, -0.2) is 65.2 Å². The number of aromatic nitrogens is 1. The minimum Gasteiger partial charge on any atom is -0.359 e. The van der Waals surface area contributed by atoms with E-state index in [1.54, 1.807) is 16.8 Å². The molecule has 3 amide bonds. The molecule has 3 heterocycles. The van der Waals surface area contributed by atoms with E-state index in [9.17, 15) is 14.4 Å². The van der Waals surface area contributed by atoms with E-state index in [-0.39, 0.29) is 36.1 Å².